The first-order valence-electron chi connectivity index (χ1n) is 5.72. The number of fused-ring (bicyclic) bond motifs is 1. The molecule has 0 N–H and O–H groups in total. The van der Waals surface area contributed by atoms with Gasteiger partial charge < -0.3 is 0 Å². The van der Waals surface area contributed by atoms with Gasteiger partial charge in [0.05, 0.1) is 0 Å². The van der Waals surface area contributed by atoms with Crippen molar-refractivity contribution in [1.29, 1.82) is 0 Å². The van der Waals surface area contributed by atoms with E-state index in [1.54, 1.807) is 28.3 Å². The van der Waals surface area contributed by atoms with Gasteiger partial charge in [0.25, 0.3) is 0 Å². The summed E-state index contributed by atoms with van der Waals surface area (Å²) in [6.07, 6.45) is 2.21. The minimum Gasteiger partial charge on any atom is -0.292 e. The van der Waals surface area contributed by atoms with Crippen LogP contribution in [-0.4, -0.2) is 15.6 Å². The number of nitrogens with zero attached hydrogens (tertiary/aromatic N) is 2. The van der Waals surface area contributed by atoms with Gasteiger partial charge in [-0.2, -0.15) is 5.10 Å². The van der Waals surface area contributed by atoms with Gasteiger partial charge in [-0.15, -0.1) is 11.3 Å². The Kier molecular flexibility index (Phi) is 2.72. The summed E-state index contributed by atoms with van der Waals surface area (Å²) in [5, 5.41) is 7.38. The number of benzene rings is 1. The Morgan fingerprint density at radius 1 is 1.33 bits per heavy atom. The zero-order chi connectivity index (χ0) is 12.5. The number of carbonyl (C=O) groups is 1. The van der Waals surface area contributed by atoms with Crippen LogP contribution >= 0.6 is 11.3 Å². The summed E-state index contributed by atoms with van der Waals surface area (Å²) in [5.74, 6) is 0.0687. The van der Waals surface area contributed by atoms with E-state index in [0.717, 1.165) is 5.56 Å². The van der Waals surface area contributed by atoms with Crippen molar-refractivity contribution in [2.75, 3.05) is 0 Å². The molecule has 0 aliphatic carbocycles. The van der Waals surface area contributed by atoms with Crippen LogP contribution in [0.15, 0.2) is 41.9 Å². The smallest absolute Gasteiger partial charge is 0.187 e. The molecule has 0 atom stereocenters. The number of thiophene rings is 1. The maximum Gasteiger partial charge on any atom is 0.187 e. The van der Waals surface area contributed by atoms with Crippen molar-refractivity contribution in [1.82, 2.24) is 9.78 Å². The van der Waals surface area contributed by atoms with Gasteiger partial charge >= 0.3 is 0 Å². The number of ketones is 1. The van der Waals surface area contributed by atoms with E-state index in [2.05, 4.69) is 22.6 Å². The van der Waals surface area contributed by atoms with Gasteiger partial charge in [0.15, 0.2) is 5.78 Å². The Labute approximate surface area is 109 Å². The summed E-state index contributed by atoms with van der Waals surface area (Å²) in [5.41, 5.74) is 1.62. The Hall–Kier alpha value is -1.94. The highest BCUT2D eigenvalue weighted by Gasteiger charge is 2.12. The fraction of sp³-hybridized carbons (Fsp3) is 0.143. The summed E-state index contributed by atoms with van der Waals surface area (Å²) in [6, 6.07) is 9.92. The van der Waals surface area contributed by atoms with Crippen molar-refractivity contribution in [3.63, 3.8) is 0 Å². The maximum atomic E-state index is 12.1. The minimum absolute atomic E-state index is 0.0687. The van der Waals surface area contributed by atoms with Crippen LogP contribution in [0.2, 0.25) is 0 Å². The molecule has 3 nitrogen and oxygen atoms in total. The van der Waals surface area contributed by atoms with Gasteiger partial charge in [0.2, 0.25) is 0 Å². The minimum atomic E-state index is 0.0687. The molecule has 0 aliphatic heterocycles. The summed E-state index contributed by atoms with van der Waals surface area (Å²) in [6.45, 7) is 0. The normalized spacial score (nSPS) is 10.9. The topological polar surface area (TPSA) is 34.9 Å². The molecule has 2 aromatic heterocycles. The lowest BCUT2D eigenvalue weighted by molar-refractivity contribution is 0.0988. The van der Waals surface area contributed by atoms with Gasteiger partial charge in [0, 0.05) is 24.4 Å². The number of carbonyl (C=O) groups excluding carboxylic acids is 1. The largest absolute Gasteiger partial charge is 0.292 e. The van der Waals surface area contributed by atoms with Gasteiger partial charge in [-0.05, 0) is 28.5 Å². The molecule has 0 amide bonds. The highest BCUT2D eigenvalue weighted by Crippen LogP contribution is 2.26. The zero-order valence-corrected chi connectivity index (χ0v) is 10.8. The fourth-order valence-electron chi connectivity index (χ4n) is 2.00. The molecule has 0 unspecified atom stereocenters. The lowest BCUT2D eigenvalue weighted by Gasteiger charge is -1.97. The van der Waals surface area contributed by atoms with Crippen molar-refractivity contribution in [3.05, 3.63) is 53.2 Å². The van der Waals surface area contributed by atoms with Crippen LogP contribution in [0.25, 0.3) is 10.1 Å². The molecule has 0 spiro atoms. The van der Waals surface area contributed by atoms with Crippen LogP contribution in [0, 0.1) is 0 Å². The Balaban J connectivity index is 1.90. The van der Waals surface area contributed by atoms with Crippen molar-refractivity contribution < 1.29 is 4.79 Å². The standard InChI is InChI=1S/C14H12N2OS/c1-16-7-6-12(15-16)13(17)8-10-9-18-14-5-3-2-4-11(10)14/h2-7,9H,8H2,1H3. The molecule has 3 aromatic rings. The molecule has 90 valence electrons. The lowest BCUT2D eigenvalue weighted by Crippen LogP contribution is -2.04. The SMILES string of the molecule is Cn1ccc(C(=O)Cc2csc3ccccc23)n1. The molecule has 4 heteroatoms. The molecular formula is C14H12N2OS. The van der Waals surface area contributed by atoms with Crippen LogP contribution < -0.4 is 0 Å². The second kappa shape index (κ2) is 4.38. The second-order valence-electron chi connectivity index (χ2n) is 4.23. The Morgan fingerprint density at radius 3 is 2.94 bits per heavy atom. The third-order valence-electron chi connectivity index (χ3n) is 2.91. The number of hydrogen-bond donors (Lipinski definition) is 0. The molecule has 2 heterocycles. The highest BCUT2D eigenvalue weighted by atomic mass is 32.1. The van der Waals surface area contributed by atoms with Gasteiger partial charge in [-0.3, -0.25) is 9.48 Å². The quantitative estimate of drug-likeness (QED) is 0.675. The zero-order valence-electron chi connectivity index (χ0n) is 9.96. The van der Waals surface area contributed by atoms with Crippen molar-refractivity contribution in [3.8, 4) is 0 Å². The van der Waals surface area contributed by atoms with Crippen LogP contribution in [0.3, 0.4) is 0 Å². The van der Waals surface area contributed by atoms with Crippen LogP contribution in [0.1, 0.15) is 16.1 Å². The number of hydrogen-bond acceptors (Lipinski definition) is 3. The third kappa shape index (κ3) is 1.95. The van der Waals surface area contributed by atoms with E-state index in [-0.39, 0.29) is 5.78 Å². The molecule has 0 aliphatic rings. The molecule has 0 saturated carbocycles. The number of aromatic nitrogens is 2. The van der Waals surface area contributed by atoms with E-state index in [9.17, 15) is 4.79 Å². The molecule has 3 rings (SSSR count). The summed E-state index contributed by atoms with van der Waals surface area (Å²) < 4.78 is 2.88. The fourth-order valence-corrected chi connectivity index (χ4v) is 2.96. The van der Waals surface area contributed by atoms with Gasteiger partial charge in [0.1, 0.15) is 5.69 Å². The predicted octanol–water partition coefficient (Wildman–Crippen LogP) is 3.06. The van der Waals surface area contributed by atoms with E-state index in [4.69, 9.17) is 0 Å². The van der Waals surface area contributed by atoms with E-state index < -0.39 is 0 Å². The Bertz CT molecular complexity index is 711. The highest BCUT2D eigenvalue weighted by molar-refractivity contribution is 7.17. The predicted molar refractivity (Wildman–Crippen MR) is 73.1 cm³/mol. The van der Waals surface area contributed by atoms with Crippen molar-refractivity contribution >= 4 is 27.2 Å². The molecule has 18 heavy (non-hydrogen) atoms. The van der Waals surface area contributed by atoms with Gasteiger partial charge in [-0.25, -0.2) is 0 Å². The van der Waals surface area contributed by atoms with Crippen LogP contribution in [0.4, 0.5) is 0 Å². The van der Waals surface area contributed by atoms with Crippen molar-refractivity contribution in [2.24, 2.45) is 7.05 Å². The van der Waals surface area contributed by atoms with Crippen LogP contribution in [-0.2, 0) is 13.5 Å². The third-order valence-corrected chi connectivity index (χ3v) is 3.92. The van der Waals surface area contributed by atoms with Crippen molar-refractivity contribution in [2.45, 2.75) is 6.42 Å². The number of rotatable bonds is 3. The van der Waals surface area contributed by atoms with Crippen LogP contribution in [0.5, 0.6) is 0 Å². The molecule has 1 aromatic carbocycles. The molecule has 0 saturated heterocycles. The van der Waals surface area contributed by atoms with E-state index in [0.29, 0.717) is 12.1 Å². The average molecular weight is 256 g/mol. The molecular weight excluding hydrogens is 244 g/mol. The molecule has 0 fully saturated rings. The van der Waals surface area contributed by atoms with Gasteiger partial charge in [-0.1, -0.05) is 18.2 Å². The first-order chi connectivity index (χ1) is 8.74. The van der Waals surface area contributed by atoms with E-state index in [1.165, 1.54) is 10.1 Å². The molecule has 0 radical (unpaired) electrons. The number of aryl methyl sites for hydroxylation is 1. The summed E-state index contributed by atoms with van der Waals surface area (Å²) in [4.78, 5) is 12.1. The average Bonchev–Trinajstić information content (AvgIpc) is 2.97. The summed E-state index contributed by atoms with van der Waals surface area (Å²) >= 11 is 1.68. The first-order valence-corrected chi connectivity index (χ1v) is 6.60. The number of Topliss-reactive ketones (excluding diaryl/α,β-unsaturated/α-hetero) is 1. The Morgan fingerprint density at radius 2 is 2.17 bits per heavy atom. The first kappa shape index (κ1) is 11.2. The lowest BCUT2D eigenvalue weighted by atomic mass is 10.1. The summed E-state index contributed by atoms with van der Waals surface area (Å²) in [7, 11) is 1.82. The maximum absolute atomic E-state index is 12.1. The van der Waals surface area contributed by atoms with E-state index in [1.807, 2.05) is 19.2 Å². The second-order valence-corrected chi connectivity index (χ2v) is 5.14. The monoisotopic (exact) mass is 256 g/mol. The molecule has 0 bridgehead atoms. The van der Waals surface area contributed by atoms with E-state index >= 15 is 0 Å².